The summed E-state index contributed by atoms with van der Waals surface area (Å²) in [7, 11) is 0. The number of carboxylic acids is 1. The molecule has 0 atom stereocenters. The van der Waals surface area contributed by atoms with Gasteiger partial charge >= 0.3 is 5.97 Å². The van der Waals surface area contributed by atoms with E-state index in [4.69, 9.17) is 21.7 Å². The summed E-state index contributed by atoms with van der Waals surface area (Å²) >= 11 is 7.55. The quantitative estimate of drug-likeness (QED) is 0.689. The predicted octanol–water partition coefficient (Wildman–Crippen LogP) is 4.01. The third kappa shape index (κ3) is 3.61. The molecule has 0 saturated heterocycles. The molecule has 3 rings (SSSR count). The SMILES string of the molecule is CCCN(CC(=O)O)Cc1c(-c2ccc(Cl)cc2)nc2sccn12. The first-order valence-electron chi connectivity index (χ1n) is 7.73. The molecular formula is C17H18ClN3O2S. The van der Waals surface area contributed by atoms with Crippen LogP contribution in [-0.4, -0.2) is 38.4 Å². The molecule has 2 heterocycles. The van der Waals surface area contributed by atoms with Crippen molar-refractivity contribution in [2.24, 2.45) is 0 Å². The minimum Gasteiger partial charge on any atom is -0.480 e. The van der Waals surface area contributed by atoms with E-state index >= 15 is 0 Å². The summed E-state index contributed by atoms with van der Waals surface area (Å²) in [5.74, 6) is -0.817. The van der Waals surface area contributed by atoms with E-state index < -0.39 is 5.97 Å². The smallest absolute Gasteiger partial charge is 0.317 e. The maximum Gasteiger partial charge on any atom is 0.317 e. The van der Waals surface area contributed by atoms with Gasteiger partial charge in [-0.1, -0.05) is 30.7 Å². The molecule has 0 aliphatic carbocycles. The van der Waals surface area contributed by atoms with Crippen LogP contribution in [0.3, 0.4) is 0 Å². The Morgan fingerprint density at radius 3 is 2.79 bits per heavy atom. The van der Waals surface area contributed by atoms with E-state index in [0.29, 0.717) is 11.6 Å². The van der Waals surface area contributed by atoms with E-state index in [1.54, 1.807) is 11.3 Å². The van der Waals surface area contributed by atoms with Gasteiger partial charge in [-0.2, -0.15) is 0 Å². The number of aliphatic carboxylic acids is 1. The fourth-order valence-electron chi connectivity index (χ4n) is 2.76. The van der Waals surface area contributed by atoms with Crippen molar-refractivity contribution < 1.29 is 9.90 Å². The molecule has 126 valence electrons. The van der Waals surface area contributed by atoms with Crippen LogP contribution in [0.5, 0.6) is 0 Å². The third-order valence-electron chi connectivity index (χ3n) is 3.75. The van der Waals surface area contributed by atoms with Crippen molar-refractivity contribution in [3.63, 3.8) is 0 Å². The number of imidazole rings is 1. The number of carbonyl (C=O) groups is 1. The second kappa shape index (κ2) is 7.34. The van der Waals surface area contributed by atoms with E-state index in [0.717, 1.165) is 34.9 Å². The Hall–Kier alpha value is -1.89. The van der Waals surface area contributed by atoms with Crippen LogP contribution in [0.4, 0.5) is 0 Å². The molecular weight excluding hydrogens is 346 g/mol. The van der Waals surface area contributed by atoms with Crippen LogP contribution >= 0.6 is 22.9 Å². The highest BCUT2D eigenvalue weighted by molar-refractivity contribution is 7.15. The molecule has 0 amide bonds. The van der Waals surface area contributed by atoms with Gasteiger partial charge in [-0.25, -0.2) is 4.98 Å². The normalized spacial score (nSPS) is 11.5. The zero-order valence-electron chi connectivity index (χ0n) is 13.3. The fourth-order valence-corrected chi connectivity index (χ4v) is 3.61. The van der Waals surface area contributed by atoms with Crippen LogP contribution in [-0.2, 0) is 11.3 Å². The van der Waals surface area contributed by atoms with Gasteiger partial charge in [0.05, 0.1) is 17.9 Å². The number of nitrogens with zero attached hydrogens (tertiary/aromatic N) is 3. The number of carboxylic acid groups (broad SMARTS) is 1. The zero-order valence-corrected chi connectivity index (χ0v) is 14.8. The second-order valence-corrected chi connectivity index (χ2v) is 6.88. The molecule has 0 aliphatic rings. The lowest BCUT2D eigenvalue weighted by Crippen LogP contribution is -2.30. The van der Waals surface area contributed by atoms with Gasteiger partial charge in [0, 0.05) is 28.7 Å². The number of hydrogen-bond acceptors (Lipinski definition) is 4. The summed E-state index contributed by atoms with van der Waals surface area (Å²) in [6.07, 6.45) is 2.88. The van der Waals surface area contributed by atoms with Crippen LogP contribution in [0.25, 0.3) is 16.2 Å². The highest BCUT2D eigenvalue weighted by Crippen LogP contribution is 2.28. The maximum absolute atomic E-state index is 11.1. The Kier molecular flexibility index (Phi) is 5.18. The van der Waals surface area contributed by atoms with Gasteiger partial charge in [0.15, 0.2) is 4.96 Å². The number of hydrogen-bond donors (Lipinski definition) is 1. The molecule has 0 spiro atoms. The van der Waals surface area contributed by atoms with Crippen LogP contribution < -0.4 is 0 Å². The number of aromatic nitrogens is 2. The van der Waals surface area contributed by atoms with Crippen LogP contribution in [0.1, 0.15) is 19.0 Å². The van der Waals surface area contributed by atoms with Crippen LogP contribution in [0, 0.1) is 0 Å². The van der Waals surface area contributed by atoms with Gasteiger partial charge in [0.2, 0.25) is 0 Å². The molecule has 0 fully saturated rings. The molecule has 0 bridgehead atoms. The van der Waals surface area contributed by atoms with Crippen molar-refractivity contribution in [2.75, 3.05) is 13.1 Å². The molecule has 2 aromatic heterocycles. The van der Waals surface area contributed by atoms with Gasteiger partial charge < -0.3 is 5.11 Å². The number of benzene rings is 1. The monoisotopic (exact) mass is 363 g/mol. The molecule has 1 N–H and O–H groups in total. The first-order valence-corrected chi connectivity index (χ1v) is 8.98. The highest BCUT2D eigenvalue weighted by atomic mass is 35.5. The lowest BCUT2D eigenvalue weighted by Gasteiger charge is -2.19. The van der Waals surface area contributed by atoms with Crippen molar-refractivity contribution >= 4 is 33.9 Å². The standard InChI is InChI=1S/C17H18ClN3O2S/c1-2-7-20(11-15(22)23)10-14-16(12-3-5-13(18)6-4-12)19-17-21(14)8-9-24-17/h3-6,8-9H,2,7,10-11H2,1H3,(H,22,23). The van der Waals surface area contributed by atoms with E-state index in [2.05, 4.69) is 0 Å². The Labute approximate surface area is 149 Å². The molecule has 24 heavy (non-hydrogen) atoms. The Morgan fingerprint density at radius 2 is 2.12 bits per heavy atom. The molecule has 5 nitrogen and oxygen atoms in total. The predicted molar refractivity (Wildman–Crippen MR) is 96.7 cm³/mol. The first kappa shape index (κ1) is 17.0. The Morgan fingerprint density at radius 1 is 1.38 bits per heavy atom. The minimum atomic E-state index is -0.817. The molecule has 0 aliphatic heterocycles. The van der Waals surface area contributed by atoms with Crippen molar-refractivity contribution in [1.82, 2.24) is 14.3 Å². The van der Waals surface area contributed by atoms with Crippen molar-refractivity contribution in [1.29, 1.82) is 0 Å². The second-order valence-electron chi connectivity index (χ2n) is 5.57. The summed E-state index contributed by atoms with van der Waals surface area (Å²) < 4.78 is 2.04. The number of halogens is 1. The Balaban J connectivity index is 2.01. The summed E-state index contributed by atoms with van der Waals surface area (Å²) in [4.78, 5) is 18.7. The van der Waals surface area contributed by atoms with Gasteiger partial charge in [0.1, 0.15) is 0 Å². The number of fused-ring (bicyclic) bond motifs is 1. The molecule has 7 heteroatoms. The molecule has 0 radical (unpaired) electrons. The molecule has 3 aromatic rings. The largest absolute Gasteiger partial charge is 0.480 e. The number of rotatable bonds is 7. The lowest BCUT2D eigenvalue weighted by molar-refractivity contribution is -0.138. The van der Waals surface area contributed by atoms with Crippen molar-refractivity contribution in [3.8, 4) is 11.3 Å². The highest BCUT2D eigenvalue weighted by Gasteiger charge is 2.19. The Bertz CT molecular complexity index is 841. The minimum absolute atomic E-state index is 0.0191. The topological polar surface area (TPSA) is 57.8 Å². The zero-order chi connectivity index (χ0) is 17.1. The molecule has 0 saturated carbocycles. The number of thiazole rings is 1. The van der Waals surface area contributed by atoms with Crippen molar-refractivity contribution in [3.05, 3.63) is 46.6 Å². The fraction of sp³-hybridized carbons (Fsp3) is 0.294. The van der Waals surface area contributed by atoms with Gasteiger partial charge in [0.25, 0.3) is 0 Å². The summed E-state index contributed by atoms with van der Waals surface area (Å²) in [6, 6.07) is 7.57. The van der Waals surface area contributed by atoms with Gasteiger partial charge in [-0.05, 0) is 25.1 Å². The van der Waals surface area contributed by atoms with Crippen LogP contribution in [0.15, 0.2) is 35.8 Å². The maximum atomic E-state index is 11.1. The average Bonchev–Trinajstić information content (AvgIpc) is 3.10. The summed E-state index contributed by atoms with van der Waals surface area (Å²) in [5.41, 5.74) is 2.87. The first-order chi connectivity index (χ1) is 11.6. The van der Waals surface area contributed by atoms with E-state index in [1.165, 1.54) is 0 Å². The van der Waals surface area contributed by atoms with Crippen LogP contribution in [0.2, 0.25) is 5.02 Å². The summed E-state index contributed by atoms with van der Waals surface area (Å²) in [5, 5.41) is 11.8. The average molecular weight is 364 g/mol. The van der Waals surface area contributed by atoms with E-state index in [1.807, 2.05) is 52.1 Å². The van der Waals surface area contributed by atoms with Gasteiger partial charge in [-0.15, -0.1) is 11.3 Å². The van der Waals surface area contributed by atoms with Gasteiger partial charge in [-0.3, -0.25) is 14.1 Å². The van der Waals surface area contributed by atoms with Crippen molar-refractivity contribution in [2.45, 2.75) is 19.9 Å². The summed E-state index contributed by atoms with van der Waals surface area (Å²) in [6.45, 7) is 3.33. The molecule has 0 unspecified atom stereocenters. The molecule has 1 aromatic carbocycles. The lowest BCUT2D eigenvalue weighted by atomic mass is 10.1. The third-order valence-corrected chi connectivity index (χ3v) is 4.76. The van der Waals surface area contributed by atoms with E-state index in [9.17, 15) is 4.79 Å². The van der Waals surface area contributed by atoms with E-state index in [-0.39, 0.29) is 6.54 Å².